The van der Waals surface area contributed by atoms with Crippen LogP contribution in [0.2, 0.25) is 0 Å². The van der Waals surface area contributed by atoms with Crippen LogP contribution in [0.15, 0.2) is 11.6 Å². The van der Waals surface area contributed by atoms with Crippen LogP contribution >= 0.6 is 0 Å². The summed E-state index contributed by atoms with van der Waals surface area (Å²) >= 11 is 0. The first-order valence-corrected chi connectivity index (χ1v) is 13.4. The third kappa shape index (κ3) is 7.74. The Morgan fingerprint density at radius 2 is 1.86 bits per heavy atom. The Labute approximate surface area is 215 Å². The molecule has 1 amide bonds. The lowest BCUT2D eigenvalue weighted by Crippen LogP contribution is -2.55. The summed E-state index contributed by atoms with van der Waals surface area (Å²) in [6, 6.07) is 0. The molecule has 1 aliphatic carbocycles. The molecule has 6 atom stereocenters. The van der Waals surface area contributed by atoms with E-state index in [1.807, 2.05) is 6.92 Å². The fourth-order valence-corrected chi connectivity index (χ4v) is 5.33. The van der Waals surface area contributed by atoms with Crippen LogP contribution in [0.3, 0.4) is 0 Å². The van der Waals surface area contributed by atoms with Gasteiger partial charge in [0, 0.05) is 33.1 Å². The number of amides is 1. The van der Waals surface area contributed by atoms with Crippen LogP contribution in [0.4, 0.5) is 0 Å². The zero-order valence-electron chi connectivity index (χ0n) is 22.6. The summed E-state index contributed by atoms with van der Waals surface area (Å²) in [5.41, 5.74) is 0.708. The molecule has 3 unspecified atom stereocenters. The normalized spacial score (nSPS) is 32.7. The molecule has 0 aromatic rings. The zero-order chi connectivity index (χ0) is 26.2. The van der Waals surface area contributed by atoms with Gasteiger partial charge in [-0.25, -0.2) is 0 Å². The molecule has 2 saturated heterocycles. The summed E-state index contributed by atoms with van der Waals surface area (Å²) in [7, 11) is 1.68. The van der Waals surface area contributed by atoms with Gasteiger partial charge in [0.05, 0.1) is 38.4 Å². The number of nitrogens with one attached hydrogen (secondary N) is 1. The van der Waals surface area contributed by atoms with E-state index in [2.05, 4.69) is 32.2 Å². The standard InChI is InChI=1S/C27H45NO8/c1-6-22(29)28-13-15-33-17-16-32-14-7-8-23(30)35-20-11-12-27(18-34-27)25(24(20)31-5)26(4)21(36-26)10-9-19(2)3/h9,20-21,24-25H,6-8,10-18H2,1-5H3,(H,28,29)/t20?,21-,24?,25?,26+,27+/m1/s1. The van der Waals surface area contributed by atoms with Gasteiger partial charge < -0.3 is 33.7 Å². The lowest BCUT2D eigenvalue weighted by Gasteiger charge is -2.42. The summed E-state index contributed by atoms with van der Waals surface area (Å²) in [5.74, 6) is -0.194. The van der Waals surface area contributed by atoms with Crippen molar-refractivity contribution in [3.63, 3.8) is 0 Å². The number of ether oxygens (including phenoxy) is 6. The van der Waals surface area contributed by atoms with Gasteiger partial charge in [-0.1, -0.05) is 18.6 Å². The number of carbonyl (C=O) groups is 2. The van der Waals surface area contributed by atoms with Gasteiger partial charge in [-0.3, -0.25) is 9.59 Å². The minimum absolute atomic E-state index is 0.0152. The molecule has 36 heavy (non-hydrogen) atoms. The topological polar surface area (TPSA) is 108 Å². The number of hydrogen-bond acceptors (Lipinski definition) is 8. The van der Waals surface area contributed by atoms with Crippen LogP contribution in [0, 0.1) is 5.92 Å². The molecule has 1 saturated carbocycles. The molecule has 2 aliphatic heterocycles. The highest BCUT2D eigenvalue weighted by atomic mass is 16.6. The van der Waals surface area contributed by atoms with Crippen molar-refractivity contribution >= 4 is 11.9 Å². The summed E-state index contributed by atoms with van der Waals surface area (Å²) in [5, 5.41) is 2.75. The first-order valence-electron chi connectivity index (χ1n) is 13.4. The lowest BCUT2D eigenvalue weighted by atomic mass is 9.68. The number of rotatable bonds is 16. The van der Waals surface area contributed by atoms with Crippen molar-refractivity contribution in [3.8, 4) is 0 Å². The van der Waals surface area contributed by atoms with Gasteiger partial charge in [0.2, 0.25) is 5.91 Å². The molecule has 0 radical (unpaired) electrons. The van der Waals surface area contributed by atoms with Crippen LogP contribution < -0.4 is 5.32 Å². The van der Waals surface area contributed by atoms with E-state index in [0.29, 0.717) is 58.8 Å². The van der Waals surface area contributed by atoms with Crippen molar-refractivity contribution in [3.05, 3.63) is 11.6 Å². The van der Waals surface area contributed by atoms with Crippen molar-refractivity contribution in [2.45, 2.75) is 95.7 Å². The van der Waals surface area contributed by atoms with Gasteiger partial charge >= 0.3 is 5.97 Å². The lowest BCUT2D eigenvalue weighted by molar-refractivity contribution is -0.172. The number of methoxy groups -OCH3 is 1. The number of allylic oxidation sites excluding steroid dienone is 1. The predicted molar refractivity (Wildman–Crippen MR) is 134 cm³/mol. The van der Waals surface area contributed by atoms with Gasteiger partial charge in [-0.05, 0) is 46.5 Å². The SMILES string of the molecule is CCC(=O)NCCOCCOCCCC(=O)OC1CC[C@]2(CO2)C([C@@]2(C)O[C@@H]2CC=C(C)C)C1OC. The van der Waals surface area contributed by atoms with Crippen molar-refractivity contribution in [2.24, 2.45) is 5.92 Å². The maximum atomic E-state index is 12.6. The van der Waals surface area contributed by atoms with Crippen molar-refractivity contribution in [2.75, 3.05) is 46.7 Å². The average molecular weight is 512 g/mol. The summed E-state index contributed by atoms with van der Waals surface area (Å²) in [6.45, 7) is 11.2. The van der Waals surface area contributed by atoms with Crippen LogP contribution in [0.25, 0.3) is 0 Å². The molecular formula is C27H45NO8. The molecule has 3 fully saturated rings. The van der Waals surface area contributed by atoms with Crippen molar-refractivity contribution in [1.82, 2.24) is 5.32 Å². The van der Waals surface area contributed by atoms with Gasteiger partial charge in [0.1, 0.15) is 23.4 Å². The quantitative estimate of drug-likeness (QED) is 0.146. The molecule has 2 heterocycles. The predicted octanol–water partition coefficient (Wildman–Crippen LogP) is 2.95. The van der Waals surface area contributed by atoms with Crippen LogP contribution in [0.5, 0.6) is 0 Å². The molecule has 1 N–H and O–H groups in total. The van der Waals surface area contributed by atoms with Gasteiger partial charge in [0.15, 0.2) is 0 Å². The van der Waals surface area contributed by atoms with Crippen LogP contribution in [-0.4, -0.2) is 88.1 Å². The molecule has 0 aromatic carbocycles. The average Bonchev–Trinajstić information content (AvgIpc) is 3.76. The van der Waals surface area contributed by atoms with Crippen molar-refractivity contribution in [1.29, 1.82) is 0 Å². The van der Waals surface area contributed by atoms with Crippen molar-refractivity contribution < 1.29 is 38.0 Å². The Balaban J connectivity index is 1.36. The van der Waals surface area contributed by atoms with Gasteiger partial charge in [-0.15, -0.1) is 0 Å². The Kier molecular flexibility index (Phi) is 10.8. The zero-order valence-corrected chi connectivity index (χ0v) is 22.6. The molecule has 206 valence electrons. The second kappa shape index (κ2) is 13.3. The maximum Gasteiger partial charge on any atom is 0.306 e. The fourth-order valence-electron chi connectivity index (χ4n) is 5.33. The number of carbonyl (C=O) groups excluding carboxylic acids is 2. The Hall–Kier alpha value is -1.52. The van der Waals surface area contributed by atoms with E-state index in [9.17, 15) is 9.59 Å². The highest BCUT2D eigenvalue weighted by Crippen LogP contribution is 2.59. The minimum atomic E-state index is -0.342. The third-order valence-corrected chi connectivity index (χ3v) is 7.45. The molecule has 3 rings (SSSR count). The number of esters is 1. The fraction of sp³-hybridized carbons (Fsp3) is 0.852. The van der Waals surface area contributed by atoms with E-state index >= 15 is 0 Å². The molecule has 3 aliphatic rings. The van der Waals surface area contributed by atoms with E-state index < -0.39 is 0 Å². The maximum absolute atomic E-state index is 12.6. The van der Waals surface area contributed by atoms with E-state index in [1.165, 1.54) is 5.57 Å². The third-order valence-electron chi connectivity index (χ3n) is 7.45. The second-order valence-corrected chi connectivity index (χ2v) is 10.4. The Bertz CT molecular complexity index is 763. The Morgan fingerprint density at radius 3 is 2.50 bits per heavy atom. The monoisotopic (exact) mass is 511 g/mol. The van der Waals surface area contributed by atoms with E-state index in [-0.39, 0.29) is 47.3 Å². The minimum Gasteiger partial charge on any atom is -0.460 e. The molecule has 9 nitrogen and oxygen atoms in total. The molecule has 0 aromatic heterocycles. The molecule has 0 bridgehead atoms. The van der Waals surface area contributed by atoms with Crippen LogP contribution in [0.1, 0.15) is 66.2 Å². The second-order valence-electron chi connectivity index (χ2n) is 10.4. The Morgan fingerprint density at radius 1 is 1.14 bits per heavy atom. The largest absolute Gasteiger partial charge is 0.460 e. The highest BCUT2D eigenvalue weighted by molar-refractivity contribution is 5.75. The first-order chi connectivity index (χ1) is 17.3. The molecular weight excluding hydrogens is 466 g/mol. The smallest absolute Gasteiger partial charge is 0.306 e. The number of hydrogen-bond donors (Lipinski definition) is 1. The molecule has 1 spiro atoms. The number of epoxide rings is 2. The van der Waals surface area contributed by atoms with Gasteiger partial charge in [0.25, 0.3) is 0 Å². The molecule has 9 heteroatoms. The van der Waals surface area contributed by atoms with E-state index in [1.54, 1.807) is 7.11 Å². The van der Waals surface area contributed by atoms with E-state index in [0.717, 1.165) is 19.3 Å². The summed E-state index contributed by atoms with van der Waals surface area (Å²) in [6.07, 6.45) is 5.54. The van der Waals surface area contributed by atoms with E-state index in [4.69, 9.17) is 28.4 Å². The van der Waals surface area contributed by atoms with Crippen LogP contribution in [-0.2, 0) is 38.0 Å². The highest BCUT2D eigenvalue weighted by Gasteiger charge is 2.72. The summed E-state index contributed by atoms with van der Waals surface area (Å²) in [4.78, 5) is 23.7. The first kappa shape index (κ1) is 29.0. The van der Waals surface area contributed by atoms with Gasteiger partial charge in [-0.2, -0.15) is 0 Å². The summed E-state index contributed by atoms with van der Waals surface area (Å²) < 4.78 is 35.0.